The summed E-state index contributed by atoms with van der Waals surface area (Å²) in [5.41, 5.74) is 2.55. The van der Waals surface area contributed by atoms with Gasteiger partial charge in [0.1, 0.15) is 12.6 Å². The Bertz CT molecular complexity index is 663. The van der Waals surface area contributed by atoms with Gasteiger partial charge < -0.3 is 10.6 Å². The van der Waals surface area contributed by atoms with Crippen LogP contribution in [0.15, 0.2) is 18.2 Å². The SMILES string of the molecule is CCCC(C(N)=O)N(CC(F)(F)F)c1ccc(C#N)c(C(F)(F)F)c1. The van der Waals surface area contributed by atoms with Gasteiger partial charge in [0.2, 0.25) is 5.91 Å². The molecule has 0 bridgehead atoms. The van der Waals surface area contributed by atoms with E-state index in [4.69, 9.17) is 11.0 Å². The molecule has 1 atom stereocenters. The Morgan fingerprint density at radius 1 is 1.28 bits per heavy atom. The normalized spacial score (nSPS) is 13.2. The monoisotopic (exact) mass is 367 g/mol. The van der Waals surface area contributed by atoms with E-state index in [0.717, 1.165) is 12.1 Å². The maximum Gasteiger partial charge on any atom is 0.417 e. The molecular formula is C15H15F6N3O. The summed E-state index contributed by atoms with van der Waals surface area (Å²) in [6.45, 7) is -0.0502. The van der Waals surface area contributed by atoms with Crippen molar-refractivity contribution in [2.75, 3.05) is 11.4 Å². The molecule has 0 spiro atoms. The van der Waals surface area contributed by atoms with Gasteiger partial charge in [-0.3, -0.25) is 4.79 Å². The molecule has 1 aromatic rings. The highest BCUT2D eigenvalue weighted by molar-refractivity contribution is 5.83. The zero-order valence-electron chi connectivity index (χ0n) is 13.1. The zero-order valence-corrected chi connectivity index (χ0v) is 13.1. The van der Waals surface area contributed by atoms with Crippen molar-refractivity contribution in [3.05, 3.63) is 29.3 Å². The van der Waals surface area contributed by atoms with Crippen LogP contribution in [0.1, 0.15) is 30.9 Å². The average Bonchev–Trinajstić information content (AvgIpc) is 2.48. The molecule has 0 fully saturated rings. The quantitative estimate of drug-likeness (QED) is 0.781. The molecule has 2 N–H and O–H groups in total. The van der Waals surface area contributed by atoms with Crippen LogP contribution in [0.25, 0.3) is 0 Å². The first kappa shape index (κ1) is 20.6. The van der Waals surface area contributed by atoms with E-state index in [9.17, 15) is 31.1 Å². The molecule has 1 rings (SSSR count). The van der Waals surface area contributed by atoms with Crippen molar-refractivity contribution in [3.63, 3.8) is 0 Å². The maximum absolute atomic E-state index is 13.0. The highest BCUT2D eigenvalue weighted by atomic mass is 19.4. The standard InChI is InChI=1S/C15H15F6N3O/c1-2-3-12(13(23)25)24(8-14(16,17)18)10-5-4-9(7-22)11(6-10)15(19,20)21/h4-6,12H,2-3,8H2,1H3,(H2,23,25). The number of hydrogen-bond acceptors (Lipinski definition) is 3. The third-order valence-electron chi connectivity index (χ3n) is 3.38. The Morgan fingerprint density at radius 3 is 2.28 bits per heavy atom. The lowest BCUT2D eigenvalue weighted by Gasteiger charge is -2.32. The van der Waals surface area contributed by atoms with Gasteiger partial charge in [-0.15, -0.1) is 0 Å². The largest absolute Gasteiger partial charge is 0.417 e. The number of nitriles is 1. The molecule has 0 aliphatic carbocycles. The van der Waals surface area contributed by atoms with E-state index >= 15 is 0 Å². The van der Waals surface area contributed by atoms with Crippen molar-refractivity contribution in [3.8, 4) is 6.07 Å². The number of anilines is 1. The lowest BCUT2D eigenvalue weighted by atomic mass is 10.0. The van der Waals surface area contributed by atoms with E-state index in [0.29, 0.717) is 17.4 Å². The molecular weight excluding hydrogens is 352 g/mol. The molecule has 1 aromatic carbocycles. The van der Waals surface area contributed by atoms with Crippen LogP contribution < -0.4 is 10.6 Å². The Morgan fingerprint density at radius 2 is 1.88 bits per heavy atom. The number of nitrogens with zero attached hydrogens (tertiary/aromatic N) is 2. The summed E-state index contributed by atoms with van der Waals surface area (Å²) in [5, 5.41) is 8.76. The van der Waals surface area contributed by atoms with Gasteiger partial charge in [-0.1, -0.05) is 13.3 Å². The minimum absolute atomic E-state index is 0.0627. The van der Waals surface area contributed by atoms with Crippen LogP contribution in [0.3, 0.4) is 0 Å². The molecule has 0 saturated heterocycles. The molecule has 0 aromatic heterocycles. The van der Waals surface area contributed by atoms with Crippen molar-refractivity contribution >= 4 is 11.6 Å². The third kappa shape index (κ3) is 5.55. The van der Waals surface area contributed by atoms with E-state index in [1.54, 1.807) is 6.92 Å². The van der Waals surface area contributed by atoms with Crippen LogP contribution in [0, 0.1) is 11.3 Å². The summed E-state index contributed by atoms with van der Waals surface area (Å²) in [7, 11) is 0. The highest BCUT2D eigenvalue weighted by Crippen LogP contribution is 2.36. The topological polar surface area (TPSA) is 70.1 Å². The molecule has 1 amide bonds. The molecule has 10 heteroatoms. The number of halogens is 6. The van der Waals surface area contributed by atoms with E-state index in [2.05, 4.69) is 0 Å². The molecule has 0 heterocycles. The molecule has 25 heavy (non-hydrogen) atoms. The van der Waals surface area contributed by atoms with Gasteiger partial charge in [-0.25, -0.2) is 0 Å². The van der Waals surface area contributed by atoms with Crippen LogP contribution in [0.4, 0.5) is 32.0 Å². The van der Waals surface area contributed by atoms with Gasteiger partial charge in [0.25, 0.3) is 0 Å². The van der Waals surface area contributed by atoms with Gasteiger partial charge in [0.05, 0.1) is 17.2 Å². The molecule has 0 radical (unpaired) electrons. The summed E-state index contributed by atoms with van der Waals surface area (Å²) in [6.07, 6.45) is -9.47. The third-order valence-corrected chi connectivity index (χ3v) is 3.38. The lowest BCUT2D eigenvalue weighted by molar-refractivity contribution is -0.137. The summed E-state index contributed by atoms with van der Waals surface area (Å²) in [5.74, 6) is -1.08. The Kier molecular flexibility index (Phi) is 6.29. The van der Waals surface area contributed by atoms with Crippen molar-refractivity contribution in [1.82, 2.24) is 0 Å². The maximum atomic E-state index is 13.0. The average molecular weight is 367 g/mol. The number of primary amides is 1. The van der Waals surface area contributed by atoms with Gasteiger partial charge in [-0.2, -0.15) is 31.6 Å². The van der Waals surface area contributed by atoms with Crippen molar-refractivity contribution in [1.29, 1.82) is 5.26 Å². The molecule has 4 nitrogen and oxygen atoms in total. The number of amides is 1. The van der Waals surface area contributed by atoms with Crippen molar-refractivity contribution in [2.45, 2.75) is 38.2 Å². The fourth-order valence-electron chi connectivity index (χ4n) is 2.34. The number of alkyl halides is 6. The first-order chi connectivity index (χ1) is 11.4. The molecule has 0 aliphatic rings. The first-order valence-electron chi connectivity index (χ1n) is 7.14. The molecule has 138 valence electrons. The Hall–Kier alpha value is -2.44. The van der Waals surface area contributed by atoms with E-state index in [1.165, 1.54) is 6.07 Å². The van der Waals surface area contributed by atoms with Gasteiger partial charge in [0, 0.05) is 5.69 Å². The van der Waals surface area contributed by atoms with Crippen LogP contribution in [-0.4, -0.2) is 24.7 Å². The minimum Gasteiger partial charge on any atom is -0.368 e. The first-order valence-corrected chi connectivity index (χ1v) is 7.14. The van der Waals surface area contributed by atoms with Crippen molar-refractivity contribution < 1.29 is 31.1 Å². The van der Waals surface area contributed by atoms with Gasteiger partial charge >= 0.3 is 12.4 Å². The van der Waals surface area contributed by atoms with Crippen LogP contribution in [0.5, 0.6) is 0 Å². The van der Waals surface area contributed by atoms with Crippen LogP contribution >= 0.6 is 0 Å². The van der Waals surface area contributed by atoms with E-state index < -0.39 is 47.7 Å². The van der Waals surface area contributed by atoms with Crippen LogP contribution in [-0.2, 0) is 11.0 Å². The second-order valence-electron chi connectivity index (χ2n) is 5.29. The predicted octanol–water partition coefficient (Wildman–Crippen LogP) is 3.60. The van der Waals surface area contributed by atoms with Crippen molar-refractivity contribution in [2.24, 2.45) is 5.73 Å². The summed E-state index contributed by atoms with van der Waals surface area (Å²) in [4.78, 5) is 12.0. The number of hydrogen-bond donors (Lipinski definition) is 1. The summed E-state index contributed by atoms with van der Waals surface area (Å²) >= 11 is 0. The van der Waals surface area contributed by atoms with Crippen LogP contribution in [0.2, 0.25) is 0 Å². The molecule has 1 unspecified atom stereocenters. The second-order valence-corrected chi connectivity index (χ2v) is 5.29. The Balaban J connectivity index is 3.49. The zero-order chi connectivity index (χ0) is 19.4. The van der Waals surface area contributed by atoms with E-state index in [-0.39, 0.29) is 6.42 Å². The number of carbonyl (C=O) groups excluding carboxylic acids is 1. The fraction of sp³-hybridized carbons (Fsp3) is 0.467. The van der Waals surface area contributed by atoms with E-state index in [1.807, 2.05) is 0 Å². The molecule has 0 aliphatic heterocycles. The molecule has 0 saturated carbocycles. The van der Waals surface area contributed by atoms with Gasteiger partial charge in [0.15, 0.2) is 0 Å². The summed E-state index contributed by atoms with van der Waals surface area (Å²) < 4.78 is 77.7. The predicted molar refractivity (Wildman–Crippen MR) is 77.5 cm³/mol. The summed E-state index contributed by atoms with van der Waals surface area (Å²) in [6, 6.07) is 2.04. The number of carbonyl (C=O) groups is 1. The Labute approximate surface area is 139 Å². The highest BCUT2D eigenvalue weighted by Gasteiger charge is 2.38. The second kappa shape index (κ2) is 7.63. The lowest BCUT2D eigenvalue weighted by Crippen LogP contribution is -2.49. The van der Waals surface area contributed by atoms with Gasteiger partial charge in [-0.05, 0) is 24.6 Å². The minimum atomic E-state index is -4.93. The number of nitrogens with two attached hydrogens (primary N) is 1. The smallest absolute Gasteiger partial charge is 0.368 e. The number of rotatable bonds is 6. The number of benzene rings is 1. The fourth-order valence-corrected chi connectivity index (χ4v) is 2.34.